The van der Waals surface area contributed by atoms with Gasteiger partial charge in [-0.2, -0.15) is 0 Å². The summed E-state index contributed by atoms with van der Waals surface area (Å²) in [7, 11) is 0. The van der Waals surface area contributed by atoms with Crippen molar-refractivity contribution in [1.82, 2.24) is 0 Å². The molecule has 1 aromatic heterocycles. The third kappa shape index (κ3) is 5.92. The molecule has 0 N–H and O–H groups in total. The molecule has 0 unspecified atom stereocenters. The molecule has 12 aromatic rings. The van der Waals surface area contributed by atoms with Gasteiger partial charge in [0.15, 0.2) is 0 Å². The standard InChI is InChI=1S/C67H43NO/c1-3-18-45(19-4-1)50-22-7-8-27-57(50)66-51(46-20-5-2-6-21-46)28-17-32-63(66)68(48-37-34-44(35-38-48)47-36-41-65-58(42-47)56-26-12-16-33-64(56)69-65)49-39-40-55-54-25-11-15-31-61(54)67(62(55)43-49)59-29-13-9-23-52(59)53-24-10-14-30-60(53)67/h1-43H. The first-order chi connectivity index (χ1) is 34.2. The third-order valence-electron chi connectivity index (χ3n) is 14.7. The van der Waals surface area contributed by atoms with Crippen LogP contribution < -0.4 is 4.90 Å². The first kappa shape index (κ1) is 39.2. The van der Waals surface area contributed by atoms with Crippen molar-refractivity contribution in [1.29, 1.82) is 0 Å². The predicted octanol–water partition coefficient (Wildman–Crippen LogP) is 18.1. The van der Waals surface area contributed by atoms with E-state index in [2.05, 4.69) is 254 Å². The fraction of sp³-hybridized carbons (Fsp3) is 0.0149. The average Bonchev–Trinajstić information content (AvgIpc) is 4.05. The first-order valence-electron chi connectivity index (χ1n) is 23.8. The van der Waals surface area contributed by atoms with E-state index in [1.807, 2.05) is 12.1 Å². The Morgan fingerprint density at radius 3 is 1.43 bits per heavy atom. The molecular weight excluding hydrogens is 835 g/mol. The molecule has 1 spiro atoms. The number of para-hydroxylation sites is 1. The molecule has 11 aromatic carbocycles. The van der Waals surface area contributed by atoms with Crippen molar-refractivity contribution in [3.63, 3.8) is 0 Å². The Morgan fingerprint density at radius 1 is 0.275 bits per heavy atom. The quantitative estimate of drug-likeness (QED) is 0.159. The van der Waals surface area contributed by atoms with E-state index in [1.54, 1.807) is 0 Å². The molecule has 69 heavy (non-hydrogen) atoms. The molecule has 0 bridgehead atoms. The van der Waals surface area contributed by atoms with Gasteiger partial charge in [-0.05, 0) is 132 Å². The number of fused-ring (bicyclic) bond motifs is 13. The molecular formula is C67H43NO. The number of benzene rings is 11. The topological polar surface area (TPSA) is 16.4 Å². The largest absolute Gasteiger partial charge is 0.456 e. The molecule has 2 nitrogen and oxygen atoms in total. The van der Waals surface area contributed by atoms with Gasteiger partial charge in [0.25, 0.3) is 0 Å². The van der Waals surface area contributed by atoms with Crippen molar-refractivity contribution in [3.8, 4) is 66.8 Å². The third-order valence-corrected chi connectivity index (χ3v) is 14.7. The first-order valence-corrected chi connectivity index (χ1v) is 23.8. The van der Waals surface area contributed by atoms with E-state index in [1.165, 1.54) is 72.3 Å². The number of rotatable bonds is 7. The summed E-state index contributed by atoms with van der Waals surface area (Å²) in [6.07, 6.45) is 0. The molecule has 0 aliphatic heterocycles. The van der Waals surface area contributed by atoms with E-state index in [9.17, 15) is 0 Å². The monoisotopic (exact) mass is 877 g/mol. The maximum atomic E-state index is 6.24. The summed E-state index contributed by atoms with van der Waals surface area (Å²) < 4.78 is 6.24. The van der Waals surface area contributed by atoms with Crippen LogP contribution in [0.2, 0.25) is 0 Å². The summed E-state index contributed by atoms with van der Waals surface area (Å²) in [6.45, 7) is 0. The Balaban J connectivity index is 1.03. The van der Waals surface area contributed by atoms with Crippen molar-refractivity contribution >= 4 is 39.0 Å². The number of furan rings is 1. The van der Waals surface area contributed by atoms with Crippen molar-refractivity contribution in [2.45, 2.75) is 5.41 Å². The molecule has 0 atom stereocenters. The Hall–Kier alpha value is -8.98. The Kier molecular flexibility index (Phi) is 8.84. The fourth-order valence-electron chi connectivity index (χ4n) is 11.8. The van der Waals surface area contributed by atoms with Crippen molar-refractivity contribution in [2.75, 3.05) is 4.90 Å². The Bertz CT molecular complexity index is 3890. The molecule has 1 heterocycles. The highest BCUT2D eigenvalue weighted by atomic mass is 16.3. The minimum absolute atomic E-state index is 0.491. The van der Waals surface area contributed by atoms with Crippen LogP contribution in [0.4, 0.5) is 17.1 Å². The van der Waals surface area contributed by atoms with Gasteiger partial charge in [-0.25, -0.2) is 0 Å². The molecule has 2 aliphatic carbocycles. The highest BCUT2D eigenvalue weighted by Gasteiger charge is 2.51. The summed E-state index contributed by atoms with van der Waals surface area (Å²) in [4.78, 5) is 2.50. The number of anilines is 3. The second-order valence-corrected chi connectivity index (χ2v) is 18.3. The lowest BCUT2D eigenvalue weighted by molar-refractivity contribution is 0.669. The van der Waals surface area contributed by atoms with Crippen molar-refractivity contribution in [2.24, 2.45) is 0 Å². The van der Waals surface area contributed by atoms with Gasteiger partial charge in [-0.3, -0.25) is 0 Å². The van der Waals surface area contributed by atoms with E-state index < -0.39 is 5.41 Å². The van der Waals surface area contributed by atoms with Crippen LogP contribution in [0.25, 0.3) is 88.7 Å². The van der Waals surface area contributed by atoms with E-state index in [-0.39, 0.29) is 0 Å². The number of nitrogens with zero attached hydrogens (tertiary/aromatic N) is 1. The average molecular weight is 878 g/mol. The predicted molar refractivity (Wildman–Crippen MR) is 286 cm³/mol. The van der Waals surface area contributed by atoms with Gasteiger partial charge >= 0.3 is 0 Å². The summed E-state index contributed by atoms with van der Waals surface area (Å²) in [5.74, 6) is 0. The molecule has 322 valence electrons. The molecule has 14 rings (SSSR count). The molecule has 2 aliphatic rings. The molecule has 0 saturated heterocycles. The number of hydrogen-bond donors (Lipinski definition) is 0. The molecule has 2 heteroatoms. The van der Waals surface area contributed by atoms with Gasteiger partial charge in [0.05, 0.1) is 11.1 Å². The van der Waals surface area contributed by atoms with E-state index >= 15 is 0 Å². The van der Waals surface area contributed by atoms with Crippen LogP contribution in [0.15, 0.2) is 265 Å². The minimum Gasteiger partial charge on any atom is -0.456 e. The lowest BCUT2D eigenvalue weighted by Gasteiger charge is -2.33. The minimum atomic E-state index is -0.491. The van der Waals surface area contributed by atoms with Crippen LogP contribution in [-0.2, 0) is 5.41 Å². The fourth-order valence-corrected chi connectivity index (χ4v) is 11.8. The lowest BCUT2D eigenvalue weighted by atomic mass is 9.70. The molecule has 0 fully saturated rings. The Morgan fingerprint density at radius 2 is 0.768 bits per heavy atom. The van der Waals surface area contributed by atoms with Crippen LogP contribution in [-0.4, -0.2) is 0 Å². The summed E-state index contributed by atoms with van der Waals surface area (Å²) in [5, 5.41) is 2.25. The zero-order chi connectivity index (χ0) is 45.5. The van der Waals surface area contributed by atoms with Crippen LogP contribution >= 0.6 is 0 Å². The van der Waals surface area contributed by atoms with E-state index in [4.69, 9.17) is 4.42 Å². The van der Waals surface area contributed by atoms with E-state index in [0.717, 1.165) is 55.7 Å². The highest BCUT2D eigenvalue weighted by molar-refractivity contribution is 6.07. The van der Waals surface area contributed by atoms with Gasteiger partial charge in [0.2, 0.25) is 0 Å². The van der Waals surface area contributed by atoms with Gasteiger partial charge in [0, 0.05) is 27.7 Å². The second-order valence-electron chi connectivity index (χ2n) is 18.3. The molecule has 0 amide bonds. The van der Waals surface area contributed by atoms with Gasteiger partial charge in [-0.1, -0.05) is 212 Å². The Labute approximate surface area is 401 Å². The highest BCUT2D eigenvalue weighted by Crippen LogP contribution is 2.63. The normalized spacial score (nSPS) is 12.8. The molecule has 0 saturated carbocycles. The SMILES string of the molecule is c1ccc(-c2ccccc2-c2c(-c3ccccc3)cccc2N(c2ccc(-c3ccc4oc5ccccc5c4c3)cc2)c2ccc3c(c2)C2(c4ccccc4-c4ccccc42)c2ccccc2-3)cc1. The smallest absolute Gasteiger partial charge is 0.135 e. The van der Waals surface area contributed by atoms with Gasteiger partial charge < -0.3 is 9.32 Å². The maximum absolute atomic E-state index is 6.24. The van der Waals surface area contributed by atoms with Crippen LogP contribution in [0.5, 0.6) is 0 Å². The second kappa shape index (κ2) is 15.6. The van der Waals surface area contributed by atoms with Crippen LogP contribution in [0.3, 0.4) is 0 Å². The van der Waals surface area contributed by atoms with Crippen LogP contribution in [0.1, 0.15) is 22.3 Å². The summed E-state index contributed by atoms with van der Waals surface area (Å²) >= 11 is 0. The lowest BCUT2D eigenvalue weighted by Crippen LogP contribution is -2.26. The molecule has 0 radical (unpaired) electrons. The number of hydrogen-bond acceptors (Lipinski definition) is 2. The maximum Gasteiger partial charge on any atom is 0.135 e. The van der Waals surface area contributed by atoms with Gasteiger partial charge in [0.1, 0.15) is 11.2 Å². The summed E-state index contributed by atoms with van der Waals surface area (Å²) in [5.41, 5.74) is 24.3. The zero-order valence-corrected chi connectivity index (χ0v) is 37.7. The van der Waals surface area contributed by atoms with Gasteiger partial charge in [-0.15, -0.1) is 0 Å². The van der Waals surface area contributed by atoms with E-state index in [0.29, 0.717) is 0 Å². The zero-order valence-electron chi connectivity index (χ0n) is 37.7. The summed E-state index contributed by atoms with van der Waals surface area (Å²) in [6, 6.07) is 95.8. The van der Waals surface area contributed by atoms with Crippen molar-refractivity contribution in [3.05, 3.63) is 283 Å². The van der Waals surface area contributed by atoms with Crippen molar-refractivity contribution < 1.29 is 4.42 Å². The van der Waals surface area contributed by atoms with Crippen LogP contribution in [0, 0.1) is 0 Å².